The number of ether oxygens (including phenoxy) is 1. The molecule has 4 heteroatoms. The number of benzene rings is 2. The van der Waals surface area contributed by atoms with Gasteiger partial charge in [-0.05, 0) is 36.6 Å². The Kier molecular flexibility index (Phi) is 4.81. The number of para-hydroxylation sites is 1. The quantitative estimate of drug-likeness (QED) is 0.919. The molecule has 3 rings (SSSR count). The molecule has 1 amide bonds. The first kappa shape index (κ1) is 15.4. The second-order valence-corrected chi connectivity index (χ2v) is 5.75. The van der Waals surface area contributed by atoms with Gasteiger partial charge >= 0.3 is 0 Å². The third-order valence-electron chi connectivity index (χ3n) is 4.17. The number of fused-ring (bicyclic) bond motifs is 1. The third-order valence-corrected chi connectivity index (χ3v) is 4.17. The number of nitrogens with one attached hydrogen (secondary N) is 1. The van der Waals surface area contributed by atoms with E-state index in [1.807, 2.05) is 24.3 Å². The van der Waals surface area contributed by atoms with E-state index in [0.717, 1.165) is 37.4 Å². The van der Waals surface area contributed by atoms with Crippen molar-refractivity contribution in [3.05, 3.63) is 54.1 Å². The molecule has 0 saturated heterocycles. The van der Waals surface area contributed by atoms with Crippen LogP contribution in [-0.2, 0) is 11.2 Å². The van der Waals surface area contributed by atoms with Crippen LogP contribution in [0.3, 0.4) is 0 Å². The molecule has 0 aromatic heterocycles. The highest BCUT2D eigenvalue weighted by molar-refractivity contribution is 5.91. The van der Waals surface area contributed by atoms with Crippen LogP contribution in [-0.4, -0.2) is 26.1 Å². The predicted molar refractivity (Wildman–Crippen MR) is 93.2 cm³/mol. The molecule has 1 aliphatic rings. The molecule has 1 N–H and O–H groups in total. The van der Waals surface area contributed by atoms with Gasteiger partial charge in [0.05, 0.1) is 7.11 Å². The van der Waals surface area contributed by atoms with Gasteiger partial charge in [-0.25, -0.2) is 0 Å². The van der Waals surface area contributed by atoms with Crippen LogP contribution in [0.15, 0.2) is 48.5 Å². The maximum Gasteiger partial charge on any atom is 0.226 e. The Bertz CT molecular complexity index is 685. The number of nitrogens with zero attached hydrogens (tertiary/aromatic N) is 1. The molecular weight excluding hydrogens is 288 g/mol. The Morgan fingerprint density at radius 3 is 2.96 bits per heavy atom. The number of aryl methyl sites for hydroxylation is 1. The Morgan fingerprint density at radius 1 is 1.22 bits per heavy atom. The maximum atomic E-state index is 12.2. The second-order valence-electron chi connectivity index (χ2n) is 5.75. The summed E-state index contributed by atoms with van der Waals surface area (Å²) in [6, 6.07) is 15.9. The molecule has 0 saturated carbocycles. The average Bonchev–Trinajstić information content (AvgIpc) is 2.60. The van der Waals surface area contributed by atoms with Gasteiger partial charge in [0.1, 0.15) is 5.75 Å². The molecule has 2 aromatic rings. The van der Waals surface area contributed by atoms with E-state index in [0.29, 0.717) is 6.42 Å². The lowest BCUT2D eigenvalue weighted by molar-refractivity contribution is -0.116. The van der Waals surface area contributed by atoms with E-state index >= 15 is 0 Å². The van der Waals surface area contributed by atoms with Gasteiger partial charge in [-0.2, -0.15) is 0 Å². The first-order valence-corrected chi connectivity index (χ1v) is 8.03. The molecule has 4 nitrogen and oxygen atoms in total. The zero-order chi connectivity index (χ0) is 16.1. The third kappa shape index (κ3) is 3.83. The van der Waals surface area contributed by atoms with Crippen molar-refractivity contribution in [2.75, 3.05) is 30.4 Å². The first-order valence-electron chi connectivity index (χ1n) is 8.03. The van der Waals surface area contributed by atoms with Crippen LogP contribution in [0, 0.1) is 0 Å². The van der Waals surface area contributed by atoms with Crippen molar-refractivity contribution in [3.63, 3.8) is 0 Å². The fourth-order valence-corrected chi connectivity index (χ4v) is 3.00. The average molecular weight is 310 g/mol. The summed E-state index contributed by atoms with van der Waals surface area (Å²) in [5, 5.41) is 2.93. The van der Waals surface area contributed by atoms with Crippen LogP contribution in [0.4, 0.5) is 11.4 Å². The van der Waals surface area contributed by atoms with E-state index in [2.05, 4.69) is 34.5 Å². The van der Waals surface area contributed by atoms with Crippen LogP contribution in [0.25, 0.3) is 0 Å². The molecule has 2 aromatic carbocycles. The van der Waals surface area contributed by atoms with E-state index in [9.17, 15) is 4.79 Å². The molecule has 0 spiro atoms. The van der Waals surface area contributed by atoms with Crippen molar-refractivity contribution < 1.29 is 9.53 Å². The summed E-state index contributed by atoms with van der Waals surface area (Å²) in [7, 11) is 1.62. The standard InChI is InChI=1S/C19H22N2O2/c1-23-17-9-4-8-16(14-17)20-19(22)11-13-21-12-5-7-15-6-2-3-10-18(15)21/h2-4,6,8-10,14H,5,7,11-13H2,1H3,(H,20,22). The van der Waals surface area contributed by atoms with Gasteiger partial charge in [-0.15, -0.1) is 0 Å². The topological polar surface area (TPSA) is 41.6 Å². The van der Waals surface area contributed by atoms with Crippen molar-refractivity contribution in [2.45, 2.75) is 19.3 Å². The van der Waals surface area contributed by atoms with E-state index in [4.69, 9.17) is 4.74 Å². The van der Waals surface area contributed by atoms with E-state index in [1.165, 1.54) is 11.3 Å². The van der Waals surface area contributed by atoms with Gasteiger partial charge < -0.3 is 15.0 Å². The SMILES string of the molecule is COc1cccc(NC(=O)CCN2CCCc3ccccc32)c1. The Morgan fingerprint density at radius 2 is 2.09 bits per heavy atom. The molecular formula is C19H22N2O2. The fraction of sp³-hybridized carbons (Fsp3) is 0.316. The minimum Gasteiger partial charge on any atom is -0.497 e. The largest absolute Gasteiger partial charge is 0.497 e. The molecule has 0 unspecified atom stereocenters. The second kappa shape index (κ2) is 7.18. The first-order chi connectivity index (χ1) is 11.3. The molecule has 1 aliphatic heterocycles. The summed E-state index contributed by atoms with van der Waals surface area (Å²) in [6.45, 7) is 1.76. The Labute approximate surface area is 137 Å². The summed E-state index contributed by atoms with van der Waals surface area (Å²) in [5.74, 6) is 0.772. The molecule has 1 heterocycles. The monoisotopic (exact) mass is 310 g/mol. The summed E-state index contributed by atoms with van der Waals surface area (Å²) in [6.07, 6.45) is 2.75. The number of methoxy groups -OCH3 is 1. The van der Waals surface area contributed by atoms with Crippen LogP contribution in [0.1, 0.15) is 18.4 Å². The number of carbonyl (C=O) groups is 1. The van der Waals surface area contributed by atoms with E-state index < -0.39 is 0 Å². The van der Waals surface area contributed by atoms with Crippen LogP contribution < -0.4 is 15.0 Å². The molecule has 0 bridgehead atoms. The van der Waals surface area contributed by atoms with Crippen LogP contribution >= 0.6 is 0 Å². The van der Waals surface area contributed by atoms with Gasteiger partial charge in [0.15, 0.2) is 0 Å². The highest BCUT2D eigenvalue weighted by atomic mass is 16.5. The molecule has 0 atom stereocenters. The zero-order valence-corrected chi connectivity index (χ0v) is 13.4. The van der Waals surface area contributed by atoms with Crippen molar-refractivity contribution in [3.8, 4) is 5.75 Å². The van der Waals surface area contributed by atoms with Crippen molar-refractivity contribution in [1.82, 2.24) is 0 Å². The van der Waals surface area contributed by atoms with E-state index in [-0.39, 0.29) is 5.91 Å². The van der Waals surface area contributed by atoms with E-state index in [1.54, 1.807) is 7.11 Å². The van der Waals surface area contributed by atoms with Gasteiger partial charge in [0.25, 0.3) is 0 Å². The molecule has 0 radical (unpaired) electrons. The number of amides is 1. The number of anilines is 2. The van der Waals surface area contributed by atoms with Crippen LogP contribution in [0.5, 0.6) is 5.75 Å². The number of hydrogen-bond donors (Lipinski definition) is 1. The zero-order valence-electron chi connectivity index (χ0n) is 13.4. The number of rotatable bonds is 5. The summed E-state index contributed by atoms with van der Waals surface area (Å²) < 4.78 is 5.17. The lowest BCUT2D eigenvalue weighted by Crippen LogP contribution is -2.32. The van der Waals surface area contributed by atoms with Crippen molar-refractivity contribution in [1.29, 1.82) is 0 Å². The fourth-order valence-electron chi connectivity index (χ4n) is 3.00. The lowest BCUT2D eigenvalue weighted by atomic mass is 10.0. The van der Waals surface area contributed by atoms with Crippen molar-refractivity contribution in [2.24, 2.45) is 0 Å². The highest BCUT2D eigenvalue weighted by Crippen LogP contribution is 2.26. The van der Waals surface area contributed by atoms with Crippen LogP contribution in [0.2, 0.25) is 0 Å². The maximum absolute atomic E-state index is 12.2. The van der Waals surface area contributed by atoms with Gasteiger partial charge in [0.2, 0.25) is 5.91 Å². The van der Waals surface area contributed by atoms with Crippen molar-refractivity contribution >= 4 is 17.3 Å². The van der Waals surface area contributed by atoms with Gasteiger partial charge in [0, 0.05) is 37.0 Å². The molecule has 120 valence electrons. The van der Waals surface area contributed by atoms with Gasteiger partial charge in [-0.1, -0.05) is 24.3 Å². The summed E-state index contributed by atoms with van der Waals surface area (Å²) in [5.41, 5.74) is 3.42. The molecule has 0 aliphatic carbocycles. The summed E-state index contributed by atoms with van der Waals surface area (Å²) >= 11 is 0. The molecule has 23 heavy (non-hydrogen) atoms. The minimum atomic E-state index is 0.0290. The minimum absolute atomic E-state index is 0.0290. The Balaban J connectivity index is 1.57. The smallest absolute Gasteiger partial charge is 0.226 e. The Hall–Kier alpha value is -2.49. The van der Waals surface area contributed by atoms with Gasteiger partial charge in [-0.3, -0.25) is 4.79 Å². The predicted octanol–water partition coefficient (Wildman–Crippen LogP) is 3.48. The lowest BCUT2D eigenvalue weighted by Gasteiger charge is -2.31. The summed E-state index contributed by atoms with van der Waals surface area (Å²) in [4.78, 5) is 14.5. The number of hydrogen-bond acceptors (Lipinski definition) is 3. The normalized spacial score (nSPS) is 13.3. The highest BCUT2D eigenvalue weighted by Gasteiger charge is 2.16. The number of carbonyl (C=O) groups excluding carboxylic acids is 1. The molecule has 0 fully saturated rings.